The molecule has 0 aromatic heterocycles. The molecule has 2 saturated heterocycles. The fraction of sp³-hybridized carbons (Fsp3) is 0.500. The number of carbonyl (C=O) groups excluding carboxylic acids is 1. The number of carboxylic acid groups (broad SMARTS) is 3. The third-order valence-corrected chi connectivity index (χ3v) is 6.00. The molecule has 0 radical (unpaired) electrons. The third-order valence-electron chi connectivity index (χ3n) is 6.00. The fourth-order valence-corrected chi connectivity index (χ4v) is 4.11. The number of piperidine rings is 1. The van der Waals surface area contributed by atoms with Crippen LogP contribution in [0.3, 0.4) is 0 Å². The van der Waals surface area contributed by atoms with Crippen LogP contribution in [0.2, 0.25) is 0 Å². The minimum atomic E-state index is -2.74. The van der Waals surface area contributed by atoms with Crippen molar-refractivity contribution in [2.75, 3.05) is 19.6 Å². The van der Waals surface area contributed by atoms with Crippen LogP contribution in [0, 0.1) is 0 Å². The zero-order valence-corrected chi connectivity index (χ0v) is 19.7. The van der Waals surface area contributed by atoms with Crippen LogP contribution in [-0.4, -0.2) is 85.1 Å². The second-order valence-electron chi connectivity index (χ2n) is 8.70. The number of carboxylic acids is 3. The van der Waals surface area contributed by atoms with Gasteiger partial charge in [-0.3, -0.25) is 19.4 Å². The highest BCUT2D eigenvalue weighted by Gasteiger charge is 2.50. The lowest BCUT2D eigenvalue weighted by atomic mass is 9.88. The lowest BCUT2D eigenvalue weighted by molar-refractivity contribution is -0.170. The van der Waals surface area contributed by atoms with E-state index in [1.54, 1.807) is 4.90 Å². The molecule has 0 aliphatic carbocycles. The Morgan fingerprint density at radius 1 is 1.06 bits per heavy atom. The van der Waals surface area contributed by atoms with E-state index in [0.29, 0.717) is 6.54 Å². The Labute approximate surface area is 203 Å². The second-order valence-corrected chi connectivity index (χ2v) is 8.70. The Morgan fingerprint density at radius 3 is 2.06 bits per heavy atom. The van der Waals surface area contributed by atoms with Crippen molar-refractivity contribution >= 4 is 24.0 Å². The van der Waals surface area contributed by atoms with Gasteiger partial charge in [-0.2, -0.15) is 0 Å². The Kier molecular flexibility index (Phi) is 9.38. The molecule has 2 fully saturated rings. The van der Waals surface area contributed by atoms with E-state index in [-0.39, 0.29) is 6.09 Å². The number of carbonyl (C=O) groups is 4. The van der Waals surface area contributed by atoms with E-state index in [4.69, 9.17) is 25.2 Å². The number of ether oxygens (including phenoxy) is 1. The fourth-order valence-electron chi connectivity index (χ4n) is 4.11. The Balaban J connectivity index is 0.000000287. The van der Waals surface area contributed by atoms with E-state index in [1.807, 2.05) is 6.07 Å². The maximum absolute atomic E-state index is 12.0. The lowest BCUT2D eigenvalue weighted by Crippen LogP contribution is -2.45. The Bertz CT molecular complexity index is 924. The molecule has 2 aliphatic rings. The number of aliphatic hydroxyl groups is 1. The summed E-state index contributed by atoms with van der Waals surface area (Å²) in [4.78, 5) is 46.7. The maximum Gasteiger partial charge on any atom is 0.415 e. The van der Waals surface area contributed by atoms with Crippen LogP contribution < -0.4 is 0 Å². The van der Waals surface area contributed by atoms with Crippen LogP contribution in [0.15, 0.2) is 42.6 Å². The second kappa shape index (κ2) is 11.8. The van der Waals surface area contributed by atoms with Crippen LogP contribution in [0.1, 0.15) is 44.6 Å². The summed E-state index contributed by atoms with van der Waals surface area (Å²) in [6.07, 6.45) is 0.0893. The molecule has 1 spiro atoms. The molecule has 0 saturated carbocycles. The van der Waals surface area contributed by atoms with Gasteiger partial charge in [-0.15, -0.1) is 0 Å². The SMILES string of the molecule is C=C1N(CCC)C(=O)OC12CCN(Cc1ccccc1)CC2.O=C(O)CC(O)(CC(=O)O)C(=O)O. The quantitative estimate of drug-likeness (QED) is 0.401. The van der Waals surface area contributed by atoms with Gasteiger partial charge in [0.15, 0.2) is 11.2 Å². The van der Waals surface area contributed by atoms with Gasteiger partial charge in [0.2, 0.25) is 0 Å². The summed E-state index contributed by atoms with van der Waals surface area (Å²) in [7, 11) is 0. The minimum Gasteiger partial charge on any atom is -0.481 e. The molecule has 1 amide bonds. The summed E-state index contributed by atoms with van der Waals surface area (Å²) in [6.45, 7) is 9.74. The number of rotatable bonds is 9. The van der Waals surface area contributed by atoms with Gasteiger partial charge in [0, 0.05) is 39.0 Å². The molecule has 2 aliphatic heterocycles. The van der Waals surface area contributed by atoms with E-state index in [9.17, 15) is 19.2 Å². The van der Waals surface area contributed by atoms with Gasteiger partial charge in [-0.25, -0.2) is 9.59 Å². The van der Waals surface area contributed by atoms with Crippen LogP contribution in [0.25, 0.3) is 0 Å². The van der Waals surface area contributed by atoms with Crippen molar-refractivity contribution in [1.82, 2.24) is 9.80 Å². The van der Waals surface area contributed by atoms with Crippen LogP contribution in [0.4, 0.5) is 4.79 Å². The number of aliphatic carboxylic acids is 3. The summed E-state index contributed by atoms with van der Waals surface area (Å²) in [6, 6.07) is 10.5. The Morgan fingerprint density at radius 2 is 1.60 bits per heavy atom. The van der Waals surface area contributed by atoms with Gasteiger partial charge in [-0.05, 0) is 12.0 Å². The van der Waals surface area contributed by atoms with Crippen LogP contribution in [-0.2, 0) is 25.7 Å². The first-order valence-electron chi connectivity index (χ1n) is 11.3. The monoisotopic (exact) mass is 492 g/mol. The predicted molar refractivity (Wildman–Crippen MR) is 123 cm³/mol. The molecule has 0 bridgehead atoms. The molecule has 0 unspecified atom stereocenters. The summed E-state index contributed by atoms with van der Waals surface area (Å²) in [5.41, 5.74) is -1.01. The summed E-state index contributed by atoms with van der Waals surface area (Å²) < 4.78 is 5.73. The highest BCUT2D eigenvalue weighted by molar-refractivity contribution is 5.88. The molecule has 11 heteroatoms. The van der Waals surface area contributed by atoms with Crippen LogP contribution in [0.5, 0.6) is 0 Å². The molecular formula is C24H32N2O9. The molecule has 0 atom stereocenters. The van der Waals surface area contributed by atoms with E-state index in [0.717, 1.165) is 44.6 Å². The average molecular weight is 493 g/mol. The standard InChI is InChI=1S/C18H24N2O2.C6H8O7/c1-3-11-20-15(2)18(22-17(20)21)9-12-19(13-10-18)14-16-7-5-4-6-8-16;7-3(8)1-6(13,5(11)12)2-4(9)10/h4-8H,2-3,9-14H2,1H3;13H,1-2H2,(H,7,8)(H,9,10)(H,11,12). The summed E-state index contributed by atoms with van der Waals surface area (Å²) in [5.74, 6) is -5.02. The molecule has 11 nitrogen and oxygen atoms in total. The van der Waals surface area contributed by atoms with Crippen molar-refractivity contribution in [3.8, 4) is 0 Å². The summed E-state index contributed by atoms with van der Waals surface area (Å²) >= 11 is 0. The third kappa shape index (κ3) is 7.27. The Hall–Kier alpha value is -3.44. The van der Waals surface area contributed by atoms with E-state index >= 15 is 0 Å². The van der Waals surface area contributed by atoms with Crippen molar-refractivity contribution in [3.05, 3.63) is 48.2 Å². The van der Waals surface area contributed by atoms with Crippen molar-refractivity contribution in [1.29, 1.82) is 0 Å². The van der Waals surface area contributed by atoms with Crippen molar-refractivity contribution < 1.29 is 44.3 Å². The molecular weight excluding hydrogens is 460 g/mol. The highest BCUT2D eigenvalue weighted by atomic mass is 16.6. The van der Waals surface area contributed by atoms with Crippen molar-refractivity contribution in [2.24, 2.45) is 0 Å². The van der Waals surface area contributed by atoms with Gasteiger partial charge in [0.25, 0.3) is 0 Å². The van der Waals surface area contributed by atoms with Gasteiger partial charge in [0.1, 0.15) is 0 Å². The molecule has 3 rings (SSSR count). The van der Waals surface area contributed by atoms with Gasteiger partial charge in [-0.1, -0.05) is 43.8 Å². The van der Waals surface area contributed by atoms with Crippen molar-refractivity contribution in [2.45, 2.75) is 56.8 Å². The number of benzene rings is 1. The maximum atomic E-state index is 12.0. The van der Waals surface area contributed by atoms with Crippen molar-refractivity contribution in [3.63, 3.8) is 0 Å². The molecule has 192 valence electrons. The number of amides is 1. The minimum absolute atomic E-state index is 0.219. The lowest BCUT2D eigenvalue weighted by Gasteiger charge is -2.38. The molecule has 35 heavy (non-hydrogen) atoms. The van der Waals surface area contributed by atoms with Gasteiger partial charge >= 0.3 is 24.0 Å². The smallest absolute Gasteiger partial charge is 0.415 e. The molecule has 1 aromatic rings. The number of likely N-dealkylation sites (tertiary alicyclic amines) is 1. The van der Waals surface area contributed by atoms with Gasteiger partial charge < -0.3 is 25.2 Å². The molecule has 4 N–H and O–H groups in total. The first-order valence-corrected chi connectivity index (χ1v) is 11.3. The number of nitrogens with zero attached hydrogens (tertiary/aromatic N) is 2. The first-order chi connectivity index (χ1) is 16.4. The van der Waals surface area contributed by atoms with E-state index in [2.05, 4.69) is 42.7 Å². The number of hydrogen-bond donors (Lipinski definition) is 4. The average Bonchev–Trinajstić information content (AvgIpc) is 3.00. The van der Waals surface area contributed by atoms with Gasteiger partial charge in [0.05, 0.1) is 18.5 Å². The van der Waals surface area contributed by atoms with E-state index < -0.39 is 42.0 Å². The zero-order chi connectivity index (χ0) is 26.2. The molecule has 1 aromatic carbocycles. The molecule has 2 heterocycles. The van der Waals surface area contributed by atoms with Crippen LogP contribution >= 0.6 is 0 Å². The predicted octanol–water partition coefficient (Wildman–Crippen LogP) is 2.15. The largest absolute Gasteiger partial charge is 0.481 e. The number of hydrogen-bond acceptors (Lipinski definition) is 7. The highest BCUT2D eigenvalue weighted by Crippen LogP contribution is 2.40. The first kappa shape index (κ1) is 27.8. The normalized spacial score (nSPS) is 17.5. The summed E-state index contributed by atoms with van der Waals surface area (Å²) in [5, 5.41) is 33.8. The zero-order valence-electron chi connectivity index (χ0n) is 19.7. The van der Waals surface area contributed by atoms with E-state index in [1.165, 1.54) is 5.56 Å². The topological polar surface area (TPSA) is 165 Å².